The molecule has 1 aliphatic rings. The minimum Gasteiger partial charge on any atom is -0.356 e. The zero-order valence-corrected chi connectivity index (χ0v) is 12.4. The molecule has 0 aromatic rings. The van der Waals surface area contributed by atoms with Gasteiger partial charge in [0, 0.05) is 19.5 Å². The van der Waals surface area contributed by atoms with Gasteiger partial charge in [-0.15, -0.1) is 0 Å². The predicted octanol–water partition coefficient (Wildman–Crippen LogP) is 1.08. The third-order valence-electron chi connectivity index (χ3n) is 3.45. The lowest BCUT2D eigenvalue weighted by atomic mass is 9.93. The van der Waals surface area contributed by atoms with Crippen molar-refractivity contribution in [1.82, 2.24) is 15.5 Å². The zero-order valence-electron chi connectivity index (χ0n) is 12.4. The maximum atomic E-state index is 11.8. The first-order valence-electron chi connectivity index (χ1n) is 7.01. The van der Waals surface area contributed by atoms with Crippen molar-refractivity contribution >= 4 is 5.91 Å². The highest BCUT2D eigenvalue weighted by Gasteiger charge is 2.20. The van der Waals surface area contributed by atoms with Crippen molar-refractivity contribution in [3.63, 3.8) is 0 Å². The normalized spacial score (nSPS) is 20.4. The first kappa shape index (κ1) is 15.4. The van der Waals surface area contributed by atoms with Gasteiger partial charge in [0.15, 0.2) is 0 Å². The summed E-state index contributed by atoms with van der Waals surface area (Å²) in [5.74, 6) is 0.902. The van der Waals surface area contributed by atoms with Crippen molar-refractivity contribution in [2.75, 3.05) is 40.3 Å². The first-order chi connectivity index (χ1) is 8.39. The molecule has 1 amide bonds. The molecule has 0 aliphatic carbocycles. The van der Waals surface area contributed by atoms with Crippen LogP contribution in [0.2, 0.25) is 0 Å². The Hall–Kier alpha value is -0.610. The van der Waals surface area contributed by atoms with Gasteiger partial charge in [-0.2, -0.15) is 0 Å². The van der Waals surface area contributed by atoms with Crippen LogP contribution in [-0.4, -0.2) is 51.1 Å². The van der Waals surface area contributed by atoms with Gasteiger partial charge in [0.2, 0.25) is 5.91 Å². The SMILES string of the molecule is CN(C)CC(C)(C)CNC(=O)CCC1CCNC1. The van der Waals surface area contributed by atoms with E-state index in [9.17, 15) is 4.79 Å². The van der Waals surface area contributed by atoms with E-state index >= 15 is 0 Å². The standard InChI is InChI=1S/C14H29N3O/c1-14(2,11-17(3)4)10-16-13(18)6-5-12-7-8-15-9-12/h12,15H,5-11H2,1-4H3,(H,16,18). The molecule has 1 fully saturated rings. The fourth-order valence-corrected chi connectivity index (χ4v) is 2.63. The Balaban J connectivity index is 2.15. The molecule has 1 rings (SSSR count). The van der Waals surface area contributed by atoms with E-state index in [2.05, 4.69) is 43.5 Å². The average molecular weight is 255 g/mol. The van der Waals surface area contributed by atoms with E-state index in [1.807, 2.05) is 0 Å². The highest BCUT2D eigenvalue weighted by molar-refractivity contribution is 5.75. The van der Waals surface area contributed by atoms with Gasteiger partial charge in [-0.25, -0.2) is 0 Å². The van der Waals surface area contributed by atoms with Crippen LogP contribution in [0.1, 0.15) is 33.1 Å². The van der Waals surface area contributed by atoms with Crippen LogP contribution < -0.4 is 10.6 Å². The Morgan fingerprint density at radius 3 is 2.72 bits per heavy atom. The van der Waals surface area contributed by atoms with Gasteiger partial charge in [0.05, 0.1) is 0 Å². The van der Waals surface area contributed by atoms with Gasteiger partial charge in [-0.05, 0) is 51.4 Å². The van der Waals surface area contributed by atoms with E-state index in [0.29, 0.717) is 12.3 Å². The molecular weight excluding hydrogens is 226 g/mol. The van der Waals surface area contributed by atoms with Crippen molar-refractivity contribution < 1.29 is 4.79 Å². The number of nitrogens with zero attached hydrogens (tertiary/aromatic N) is 1. The molecule has 0 radical (unpaired) electrons. The largest absolute Gasteiger partial charge is 0.356 e. The minimum absolute atomic E-state index is 0.133. The lowest BCUT2D eigenvalue weighted by Crippen LogP contribution is -2.40. The molecular formula is C14H29N3O. The first-order valence-corrected chi connectivity index (χ1v) is 7.01. The number of carbonyl (C=O) groups is 1. The van der Waals surface area contributed by atoms with Crippen molar-refractivity contribution in [3.05, 3.63) is 0 Å². The monoisotopic (exact) mass is 255 g/mol. The van der Waals surface area contributed by atoms with E-state index in [1.54, 1.807) is 0 Å². The summed E-state index contributed by atoms with van der Waals surface area (Å²) in [4.78, 5) is 14.0. The van der Waals surface area contributed by atoms with Crippen LogP contribution in [0.25, 0.3) is 0 Å². The second-order valence-electron chi connectivity index (χ2n) is 6.58. The van der Waals surface area contributed by atoms with E-state index in [-0.39, 0.29) is 11.3 Å². The second-order valence-corrected chi connectivity index (χ2v) is 6.58. The zero-order chi connectivity index (χ0) is 13.6. The fraction of sp³-hybridized carbons (Fsp3) is 0.929. The Kier molecular flexibility index (Phi) is 6.09. The molecule has 0 bridgehead atoms. The molecule has 1 saturated heterocycles. The van der Waals surface area contributed by atoms with Crippen LogP contribution in [0.3, 0.4) is 0 Å². The van der Waals surface area contributed by atoms with E-state index in [4.69, 9.17) is 0 Å². The van der Waals surface area contributed by atoms with Gasteiger partial charge in [0.1, 0.15) is 0 Å². The Morgan fingerprint density at radius 1 is 1.44 bits per heavy atom. The van der Waals surface area contributed by atoms with E-state index in [0.717, 1.165) is 32.6 Å². The van der Waals surface area contributed by atoms with Crippen LogP contribution in [0, 0.1) is 11.3 Å². The molecule has 106 valence electrons. The number of carbonyl (C=O) groups excluding carboxylic acids is 1. The fourth-order valence-electron chi connectivity index (χ4n) is 2.63. The average Bonchev–Trinajstić information content (AvgIpc) is 2.74. The summed E-state index contributed by atoms with van der Waals surface area (Å²) in [5, 5.41) is 6.40. The Bertz CT molecular complexity index is 258. The highest BCUT2D eigenvalue weighted by atomic mass is 16.1. The van der Waals surface area contributed by atoms with Gasteiger partial charge in [-0.3, -0.25) is 4.79 Å². The minimum atomic E-state index is 0.133. The van der Waals surface area contributed by atoms with Gasteiger partial charge in [0.25, 0.3) is 0 Å². The lowest BCUT2D eigenvalue weighted by molar-refractivity contribution is -0.121. The molecule has 1 atom stereocenters. The quantitative estimate of drug-likeness (QED) is 0.715. The van der Waals surface area contributed by atoms with E-state index in [1.165, 1.54) is 6.42 Å². The Labute approximate surface area is 111 Å². The van der Waals surface area contributed by atoms with Crippen LogP contribution in [0.4, 0.5) is 0 Å². The van der Waals surface area contributed by atoms with Crippen molar-refractivity contribution in [1.29, 1.82) is 0 Å². The summed E-state index contributed by atoms with van der Waals surface area (Å²) < 4.78 is 0. The molecule has 1 aliphatic heterocycles. The summed E-state index contributed by atoms with van der Waals surface area (Å²) in [7, 11) is 4.13. The lowest BCUT2D eigenvalue weighted by Gasteiger charge is -2.28. The number of nitrogens with one attached hydrogen (secondary N) is 2. The second kappa shape index (κ2) is 7.10. The summed E-state index contributed by atoms with van der Waals surface area (Å²) in [6, 6.07) is 0. The van der Waals surface area contributed by atoms with Crippen LogP contribution in [0.5, 0.6) is 0 Å². The molecule has 4 nitrogen and oxygen atoms in total. The third kappa shape index (κ3) is 6.36. The molecule has 0 saturated carbocycles. The summed E-state index contributed by atoms with van der Waals surface area (Å²) in [5.41, 5.74) is 0.133. The summed E-state index contributed by atoms with van der Waals surface area (Å²) in [6.45, 7) is 8.32. The van der Waals surface area contributed by atoms with Crippen LogP contribution in [-0.2, 0) is 4.79 Å². The molecule has 1 unspecified atom stereocenters. The van der Waals surface area contributed by atoms with Gasteiger partial charge < -0.3 is 15.5 Å². The van der Waals surface area contributed by atoms with Crippen molar-refractivity contribution in [3.8, 4) is 0 Å². The number of rotatable bonds is 7. The van der Waals surface area contributed by atoms with Crippen molar-refractivity contribution in [2.45, 2.75) is 33.1 Å². The number of amides is 1. The summed E-state index contributed by atoms with van der Waals surface area (Å²) >= 11 is 0. The van der Waals surface area contributed by atoms with Crippen LogP contribution >= 0.6 is 0 Å². The molecule has 0 spiro atoms. The molecule has 0 aromatic carbocycles. The number of hydrogen-bond donors (Lipinski definition) is 2. The van der Waals surface area contributed by atoms with Gasteiger partial charge >= 0.3 is 0 Å². The molecule has 2 N–H and O–H groups in total. The number of hydrogen-bond acceptors (Lipinski definition) is 3. The molecule has 4 heteroatoms. The van der Waals surface area contributed by atoms with Gasteiger partial charge in [-0.1, -0.05) is 13.8 Å². The smallest absolute Gasteiger partial charge is 0.220 e. The highest BCUT2D eigenvalue weighted by Crippen LogP contribution is 2.16. The Morgan fingerprint density at radius 2 is 2.17 bits per heavy atom. The predicted molar refractivity (Wildman–Crippen MR) is 75.6 cm³/mol. The van der Waals surface area contributed by atoms with Crippen molar-refractivity contribution in [2.24, 2.45) is 11.3 Å². The molecule has 1 heterocycles. The molecule has 0 aromatic heterocycles. The van der Waals surface area contributed by atoms with E-state index < -0.39 is 0 Å². The topological polar surface area (TPSA) is 44.4 Å². The third-order valence-corrected chi connectivity index (χ3v) is 3.45. The van der Waals surface area contributed by atoms with Crippen LogP contribution in [0.15, 0.2) is 0 Å². The maximum Gasteiger partial charge on any atom is 0.220 e. The molecule has 18 heavy (non-hydrogen) atoms. The summed E-state index contributed by atoms with van der Waals surface area (Å²) in [6.07, 6.45) is 2.91. The maximum absolute atomic E-state index is 11.8.